The van der Waals surface area contributed by atoms with Crippen LogP contribution < -0.4 is 10.1 Å². The number of benzene rings is 1. The molecule has 0 aliphatic carbocycles. The summed E-state index contributed by atoms with van der Waals surface area (Å²) in [5.74, 6) is 0.883. The number of hydrogen-bond donors (Lipinski definition) is 1. The van der Waals surface area contributed by atoms with Crippen molar-refractivity contribution in [2.24, 2.45) is 0 Å². The normalized spacial score (nSPS) is 12.1. The average molecular weight is 233 g/mol. The molecule has 2 rings (SSSR count). The van der Waals surface area contributed by atoms with E-state index in [1.165, 1.54) is 5.56 Å². The number of hydrogen-bond acceptors (Lipinski definition) is 3. The molecular weight excluding hydrogens is 218 g/mol. The maximum Gasteiger partial charge on any atom is 0.119 e. The molecule has 2 nitrogen and oxygen atoms in total. The molecule has 2 aromatic rings. The standard InChI is InChI=1S/C13H15NOS/c1-10(11-7-8-16-9-11)14-12-3-5-13(15-2)6-4-12/h3-10,14H,1-2H3. The largest absolute Gasteiger partial charge is 0.497 e. The molecule has 1 atom stereocenters. The van der Waals surface area contributed by atoms with Gasteiger partial charge in [-0.15, -0.1) is 0 Å². The summed E-state index contributed by atoms with van der Waals surface area (Å²) >= 11 is 1.72. The highest BCUT2D eigenvalue weighted by Gasteiger charge is 2.05. The lowest BCUT2D eigenvalue weighted by molar-refractivity contribution is 0.415. The molecule has 0 saturated carbocycles. The molecule has 0 aliphatic rings. The van der Waals surface area contributed by atoms with Crippen molar-refractivity contribution in [3.63, 3.8) is 0 Å². The first kappa shape index (κ1) is 11.0. The fourth-order valence-electron chi connectivity index (χ4n) is 1.54. The molecule has 3 heteroatoms. The number of thiophene rings is 1. The van der Waals surface area contributed by atoms with Gasteiger partial charge in [-0.1, -0.05) is 0 Å². The van der Waals surface area contributed by atoms with Crippen LogP contribution in [0.5, 0.6) is 5.75 Å². The third-order valence-corrected chi connectivity index (χ3v) is 3.22. The van der Waals surface area contributed by atoms with Gasteiger partial charge in [-0.05, 0) is 53.6 Å². The molecule has 0 amide bonds. The number of nitrogens with one attached hydrogen (secondary N) is 1. The zero-order valence-corrected chi connectivity index (χ0v) is 10.3. The molecule has 0 aliphatic heterocycles. The van der Waals surface area contributed by atoms with Crippen LogP contribution in [-0.2, 0) is 0 Å². The lowest BCUT2D eigenvalue weighted by atomic mass is 10.1. The summed E-state index contributed by atoms with van der Waals surface area (Å²) in [5.41, 5.74) is 2.43. The first-order valence-corrected chi connectivity index (χ1v) is 6.16. The van der Waals surface area contributed by atoms with Gasteiger partial charge in [0.05, 0.1) is 7.11 Å². The molecule has 0 bridgehead atoms. The minimum absolute atomic E-state index is 0.333. The third kappa shape index (κ3) is 2.55. The van der Waals surface area contributed by atoms with Gasteiger partial charge >= 0.3 is 0 Å². The summed E-state index contributed by atoms with van der Waals surface area (Å²) < 4.78 is 5.12. The predicted molar refractivity (Wildman–Crippen MR) is 69.4 cm³/mol. The number of anilines is 1. The second kappa shape index (κ2) is 5.03. The van der Waals surface area contributed by atoms with E-state index >= 15 is 0 Å². The Morgan fingerprint density at radius 3 is 2.50 bits per heavy atom. The second-order valence-corrected chi connectivity index (χ2v) is 4.43. The first-order valence-electron chi connectivity index (χ1n) is 5.22. The first-order chi connectivity index (χ1) is 7.79. The van der Waals surface area contributed by atoms with E-state index in [0.29, 0.717) is 6.04 Å². The van der Waals surface area contributed by atoms with Gasteiger partial charge in [-0.2, -0.15) is 11.3 Å². The Balaban J connectivity index is 2.03. The van der Waals surface area contributed by atoms with Gasteiger partial charge < -0.3 is 10.1 Å². The molecule has 1 aromatic carbocycles. The third-order valence-electron chi connectivity index (χ3n) is 2.52. The number of rotatable bonds is 4. The van der Waals surface area contributed by atoms with Crippen LogP contribution in [0.4, 0.5) is 5.69 Å². The van der Waals surface area contributed by atoms with Crippen molar-refractivity contribution in [2.45, 2.75) is 13.0 Å². The van der Waals surface area contributed by atoms with E-state index in [4.69, 9.17) is 4.74 Å². The Hall–Kier alpha value is -1.48. The minimum atomic E-state index is 0.333. The Labute approximate surface area is 99.9 Å². The lowest BCUT2D eigenvalue weighted by Crippen LogP contribution is -2.05. The quantitative estimate of drug-likeness (QED) is 0.864. The van der Waals surface area contributed by atoms with Crippen molar-refractivity contribution >= 4 is 17.0 Å². The number of methoxy groups -OCH3 is 1. The summed E-state index contributed by atoms with van der Waals surface area (Å²) in [7, 11) is 1.68. The van der Waals surface area contributed by atoms with E-state index in [0.717, 1.165) is 11.4 Å². The molecule has 1 unspecified atom stereocenters. The van der Waals surface area contributed by atoms with Crippen LogP contribution >= 0.6 is 11.3 Å². The van der Waals surface area contributed by atoms with Crippen molar-refractivity contribution in [1.29, 1.82) is 0 Å². The topological polar surface area (TPSA) is 21.3 Å². The van der Waals surface area contributed by atoms with E-state index in [2.05, 4.69) is 29.1 Å². The summed E-state index contributed by atoms with van der Waals surface area (Å²) in [6.07, 6.45) is 0. The van der Waals surface area contributed by atoms with Gasteiger partial charge in [0.25, 0.3) is 0 Å². The summed E-state index contributed by atoms with van der Waals surface area (Å²) in [6.45, 7) is 2.16. The molecule has 1 N–H and O–H groups in total. The van der Waals surface area contributed by atoms with Crippen molar-refractivity contribution in [3.05, 3.63) is 46.7 Å². The Kier molecular flexibility index (Phi) is 3.47. The van der Waals surface area contributed by atoms with Gasteiger partial charge in [-0.3, -0.25) is 0 Å². The molecule has 1 aromatic heterocycles. The Morgan fingerprint density at radius 1 is 1.19 bits per heavy atom. The Morgan fingerprint density at radius 2 is 1.94 bits per heavy atom. The smallest absolute Gasteiger partial charge is 0.119 e. The van der Waals surface area contributed by atoms with Crippen LogP contribution in [0.2, 0.25) is 0 Å². The van der Waals surface area contributed by atoms with Crippen molar-refractivity contribution in [2.75, 3.05) is 12.4 Å². The fourth-order valence-corrected chi connectivity index (χ4v) is 2.30. The molecule has 0 fully saturated rings. The van der Waals surface area contributed by atoms with Crippen LogP contribution in [0.3, 0.4) is 0 Å². The van der Waals surface area contributed by atoms with Crippen LogP contribution in [0.1, 0.15) is 18.5 Å². The predicted octanol–water partition coefficient (Wildman–Crippen LogP) is 3.93. The van der Waals surface area contributed by atoms with E-state index in [9.17, 15) is 0 Å². The molecule has 16 heavy (non-hydrogen) atoms. The van der Waals surface area contributed by atoms with Crippen LogP contribution in [0, 0.1) is 0 Å². The zero-order valence-electron chi connectivity index (χ0n) is 9.44. The van der Waals surface area contributed by atoms with E-state index in [1.54, 1.807) is 18.4 Å². The van der Waals surface area contributed by atoms with Crippen LogP contribution in [-0.4, -0.2) is 7.11 Å². The summed E-state index contributed by atoms with van der Waals surface area (Å²) in [6, 6.07) is 10.5. The van der Waals surface area contributed by atoms with E-state index in [1.807, 2.05) is 24.3 Å². The van der Waals surface area contributed by atoms with Gasteiger partial charge in [0.2, 0.25) is 0 Å². The van der Waals surface area contributed by atoms with Gasteiger partial charge in [0.1, 0.15) is 5.75 Å². The lowest BCUT2D eigenvalue weighted by Gasteiger charge is -2.14. The van der Waals surface area contributed by atoms with Crippen molar-refractivity contribution in [3.8, 4) is 5.75 Å². The van der Waals surface area contributed by atoms with Crippen LogP contribution in [0.15, 0.2) is 41.1 Å². The Bertz CT molecular complexity index is 422. The molecule has 0 radical (unpaired) electrons. The monoisotopic (exact) mass is 233 g/mol. The molecule has 84 valence electrons. The van der Waals surface area contributed by atoms with E-state index in [-0.39, 0.29) is 0 Å². The summed E-state index contributed by atoms with van der Waals surface area (Å²) in [5, 5.41) is 7.71. The maximum absolute atomic E-state index is 5.12. The highest BCUT2D eigenvalue weighted by atomic mass is 32.1. The van der Waals surface area contributed by atoms with Gasteiger partial charge in [0.15, 0.2) is 0 Å². The fraction of sp³-hybridized carbons (Fsp3) is 0.231. The average Bonchev–Trinajstić information content (AvgIpc) is 2.83. The van der Waals surface area contributed by atoms with Gasteiger partial charge in [-0.25, -0.2) is 0 Å². The summed E-state index contributed by atoms with van der Waals surface area (Å²) in [4.78, 5) is 0. The van der Waals surface area contributed by atoms with Crippen molar-refractivity contribution < 1.29 is 4.74 Å². The van der Waals surface area contributed by atoms with Crippen molar-refractivity contribution in [1.82, 2.24) is 0 Å². The molecule has 1 heterocycles. The van der Waals surface area contributed by atoms with Gasteiger partial charge in [0, 0.05) is 11.7 Å². The molecular formula is C13H15NOS. The zero-order chi connectivity index (χ0) is 11.4. The highest BCUT2D eigenvalue weighted by Crippen LogP contribution is 2.22. The SMILES string of the molecule is COc1ccc(NC(C)c2ccsc2)cc1. The highest BCUT2D eigenvalue weighted by molar-refractivity contribution is 7.07. The minimum Gasteiger partial charge on any atom is -0.497 e. The maximum atomic E-state index is 5.12. The molecule has 0 spiro atoms. The second-order valence-electron chi connectivity index (χ2n) is 3.65. The number of ether oxygens (including phenoxy) is 1. The van der Waals surface area contributed by atoms with E-state index < -0.39 is 0 Å². The molecule has 0 saturated heterocycles. The van der Waals surface area contributed by atoms with Crippen LogP contribution in [0.25, 0.3) is 0 Å².